The lowest BCUT2D eigenvalue weighted by molar-refractivity contribution is 0.101. The van der Waals surface area contributed by atoms with Crippen molar-refractivity contribution in [2.45, 2.75) is 13.8 Å². The van der Waals surface area contributed by atoms with Gasteiger partial charge in [-0.05, 0) is 31.5 Å². The van der Waals surface area contributed by atoms with Crippen molar-refractivity contribution in [2.24, 2.45) is 0 Å². The van der Waals surface area contributed by atoms with E-state index >= 15 is 0 Å². The number of Topliss-reactive ketones (excluding diaryl/α,β-unsaturated/α-hetero) is 1. The van der Waals surface area contributed by atoms with Gasteiger partial charge in [0.1, 0.15) is 0 Å². The average molecular weight is 169 g/mol. The number of hydrogen-bond donors (Lipinski definition) is 0. The monoisotopic (exact) mass is 168 g/mol. The highest BCUT2D eigenvalue weighted by Crippen LogP contribution is 2.17. The van der Waals surface area contributed by atoms with Crippen LogP contribution in [0.25, 0.3) is 0 Å². The van der Waals surface area contributed by atoms with Crippen molar-refractivity contribution in [3.8, 4) is 0 Å². The van der Waals surface area contributed by atoms with Crippen LogP contribution >= 0.6 is 11.6 Å². The number of halogens is 1. The van der Waals surface area contributed by atoms with Gasteiger partial charge in [-0.2, -0.15) is 0 Å². The summed E-state index contributed by atoms with van der Waals surface area (Å²) in [6.45, 7) is 3.45. The second kappa shape index (κ2) is 3.05. The summed E-state index contributed by atoms with van der Waals surface area (Å²) in [6.07, 6.45) is 0. The van der Waals surface area contributed by atoms with E-state index in [1.165, 1.54) is 6.92 Å². The van der Waals surface area contributed by atoms with E-state index < -0.39 is 0 Å². The largest absolute Gasteiger partial charge is 0.294 e. The molecule has 0 heterocycles. The molecule has 0 N–H and O–H groups in total. The SMILES string of the molecule is CC(=O)c1ccc(C)cc1Cl. The van der Waals surface area contributed by atoms with E-state index in [1.54, 1.807) is 12.1 Å². The fraction of sp³-hybridized carbons (Fsp3) is 0.222. The molecule has 0 saturated heterocycles. The molecule has 0 atom stereocenters. The van der Waals surface area contributed by atoms with Crippen LogP contribution < -0.4 is 0 Å². The first-order chi connectivity index (χ1) is 5.11. The van der Waals surface area contributed by atoms with Crippen molar-refractivity contribution in [2.75, 3.05) is 0 Å². The summed E-state index contributed by atoms with van der Waals surface area (Å²) in [5.41, 5.74) is 1.66. The van der Waals surface area contributed by atoms with E-state index in [0.717, 1.165) is 5.56 Å². The molecule has 1 rings (SSSR count). The van der Waals surface area contributed by atoms with Gasteiger partial charge in [0.25, 0.3) is 0 Å². The van der Waals surface area contributed by atoms with Crippen LogP contribution in [0.4, 0.5) is 0 Å². The topological polar surface area (TPSA) is 17.1 Å². The van der Waals surface area contributed by atoms with Crippen molar-refractivity contribution in [1.29, 1.82) is 0 Å². The number of aryl methyl sites for hydroxylation is 1. The van der Waals surface area contributed by atoms with Crippen LogP contribution in [0.15, 0.2) is 18.2 Å². The van der Waals surface area contributed by atoms with E-state index in [0.29, 0.717) is 10.6 Å². The van der Waals surface area contributed by atoms with Gasteiger partial charge >= 0.3 is 0 Å². The van der Waals surface area contributed by atoms with Crippen LogP contribution in [0.5, 0.6) is 0 Å². The van der Waals surface area contributed by atoms with Gasteiger partial charge in [-0.3, -0.25) is 4.79 Å². The predicted molar refractivity (Wildman–Crippen MR) is 46.2 cm³/mol. The van der Waals surface area contributed by atoms with Gasteiger partial charge in [0.05, 0.1) is 5.02 Å². The molecule has 0 fully saturated rings. The third-order valence-corrected chi connectivity index (χ3v) is 1.82. The molecule has 2 heteroatoms. The van der Waals surface area contributed by atoms with E-state index in [-0.39, 0.29) is 5.78 Å². The molecule has 0 aliphatic rings. The molecular weight excluding hydrogens is 160 g/mol. The normalized spacial score (nSPS) is 9.73. The minimum Gasteiger partial charge on any atom is -0.294 e. The predicted octanol–water partition coefficient (Wildman–Crippen LogP) is 2.85. The summed E-state index contributed by atoms with van der Waals surface area (Å²) in [6, 6.07) is 5.42. The quantitative estimate of drug-likeness (QED) is 0.590. The highest BCUT2D eigenvalue weighted by atomic mass is 35.5. The highest BCUT2D eigenvalue weighted by molar-refractivity contribution is 6.33. The lowest BCUT2D eigenvalue weighted by Gasteiger charge is -1.99. The summed E-state index contributed by atoms with van der Waals surface area (Å²) in [4.78, 5) is 10.9. The Bertz CT molecular complexity index is 292. The number of hydrogen-bond acceptors (Lipinski definition) is 1. The molecule has 0 saturated carbocycles. The highest BCUT2D eigenvalue weighted by Gasteiger charge is 2.03. The van der Waals surface area contributed by atoms with Crippen molar-refractivity contribution in [3.63, 3.8) is 0 Å². The van der Waals surface area contributed by atoms with E-state index in [1.807, 2.05) is 13.0 Å². The Morgan fingerprint density at radius 3 is 2.55 bits per heavy atom. The molecule has 1 aromatic carbocycles. The van der Waals surface area contributed by atoms with Gasteiger partial charge in [0, 0.05) is 5.56 Å². The Labute approximate surface area is 71.0 Å². The number of ketones is 1. The van der Waals surface area contributed by atoms with Gasteiger partial charge in [-0.15, -0.1) is 0 Å². The van der Waals surface area contributed by atoms with Crippen molar-refractivity contribution in [1.82, 2.24) is 0 Å². The van der Waals surface area contributed by atoms with Crippen molar-refractivity contribution in [3.05, 3.63) is 34.3 Å². The maximum atomic E-state index is 10.9. The third kappa shape index (κ3) is 1.81. The Hall–Kier alpha value is -0.820. The molecule has 0 unspecified atom stereocenters. The average Bonchev–Trinajstić information content (AvgIpc) is 1.85. The lowest BCUT2D eigenvalue weighted by atomic mass is 10.1. The maximum absolute atomic E-state index is 10.9. The Morgan fingerprint density at radius 1 is 1.45 bits per heavy atom. The first-order valence-corrected chi connectivity index (χ1v) is 3.76. The van der Waals surface area contributed by atoms with Crippen LogP contribution in [0, 0.1) is 6.92 Å². The Morgan fingerprint density at radius 2 is 2.09 bits per heavy atom. The van der Waals surface area contributed by atoms with Crippen molar-refractivity contribution < 1.29 is 4.79 Å². The van der Waals surface area contributed by atoms with Crippen LogP contribution in [0.2, 0.25) is 5.02 Å². The zero-order valence-electron chi connectivity index (χ0n) is 6.52. The molecule has 0 radical (unpaired) electrons. The van der Waals surface area contributed by atoms with Crippen LogP contribution in [0.3, 0.4) is 0 Å². The second-order valence-electron chi connectivity index (χ2n) is 2.54. The van der Waals surface area contributed by atoms with Crippen LogP contribution in [-0.4, -0.2) is 5.78 Å². The first-order valence-electron chi connectivity index (χ1n) is 3.38. The Balaban J connectivity index is 3.20. The zero-order valence-corrected chi connectivity index (χ0v) is 7.27. The fourth-order valence-electron chi connectivity index (χ4n) is 0.906. The summed E-state index contributed by atoms with van der Waals surface area (Å²) >= 11 is 5.80. The maximum Gasteiger partial charge on any atom is 0.161 e. The van der Waals surface area contributed by atoms with Crippen molar-refractivity contribution >= 4 is 17.4 Å². The number of benzene rings is 1. The number of carbonyl (C=O) groups excluding carboxylic acids is 1. The summed E-state index contributed by atoms with van der Waals surface area (Å²) in [5, 5.41) is 0.539. The van der Waals surface area contributed by atoms with Gasteiger partial charge in [-0.1, -0.05) is 17.7 Å². The van der Waals surface area contributed by atoms with Crippen LogP contribution in [0.1, 0.15) is 22.8 Å². The summed E-state index contributed by atoms with van der Waals surface area (Å²) in [5.74, 6) is 0.00926. The van der Waals surface area contributed by atoms with E-state index in [4.69, 9.17) is 11.6 Å². The van der Waals surface area contributed by atoms with Crippen LogP contribution in [-0.2, 0) is 0 Å². The van der Waals surface area contributed by atoms with E-state index in [9.17, 15) is 4.79 Å². The number of carbonyl (C=O) groups is 1. The zero-order chi connectivity index (χ0) is 8.43. The smallest absolute Gasteiger partial charge is 0.161 e. The molecule has 0 bridgehead atoms. The van der Waals surface area contributed by atoms with Gasteiger partial charge in [0.2, 0.25) is 0 Å². The molecule has 0 aliphatic carbocycles. The second-order valence-corrected chi connectivity index (χ2v) is 2.95. The third-order valence-electron chi connectivity index (χ3n) is 1.50. The molecule has 1 nitrogen and oxygen atoms in total. The minimum absolute atomic E-state index is 0.00926. The van der Waals surface area contributed by atoms with E-state index in [2.05, 4.69) is 0 Å². The number of rotatable bonds is 1. The van der Waals surface area contributed by atoms with Gasteiger partial charge in [0.15, 0.2) is 5.78 Å². The van der Waals surface area contributed by atoms with Gasteiger partial charge in [-0.25, -0.2) is 0 Å². The Kier molecular flexibility index (Phi) is 2.30. The summed E-state index contributed by atoms with van der Waals surface area (Å²) in [7, 11) is 0. The minimum atomic E-state index is 0.00926. The molecule has 0 aromatic heterocycles. The molecule has 0 aliphatic heterocycles. The molecule has 0 amide bonds. The molecule has 0 spiro atoms. The lowest BCUT2D eigenvalue weighted by Crippen LogP contribution is -1.92. The standard InChI is InChI=1S/C9H9ClO/c1-6-3-4-8(7(2)11)9(10)5-6/h3-5H,1-2H3. The van der Waals surface area contributed by atoms with Gasteiger partial charge < -0.3 is 0 Å². The molecule has 11 heavy (non-hydrogen) atoms. The molecular formula is C9H9ClO. The first kappa shape index (κ1) is 8.28. The fourth-order valence-corrected chi connectivity index (χ4v) is 1.27. The summed E-state index contributed by atoms with van der Waals surface area (Å²) < 4.78 is 0. The molecule has 58 valence electrons. The molecule has 1 aromatic rings.